The number of nitrogens with zero attached hydrogens (tertiary/aromatic N) is 3. The largest absolute Gasteiger partial charge is 0.484 e. The van der Waals surface area contributed by atoms with Gasteiger partial charge < -0.3 is 14.8 Å². The van der Waals surface area contributed by atoms with E-state index < -0.39 is 5.97 Å². The van der Waals surface area contributed by atoms with Crippen LogP contribution in [0.15, 0.2) is 42.1 Å². The fourth-order valence-electron chi connectivity index (χ4n) is 3.01. The summed E-state index contributed by atoms with van der Waals surface area (Å²) in [4.78, 5) is 26.0. The van der Waals surface area contributed by atoms with Crippen molar-refractivity contribution in [2.45, 2.75) is 39.1 Å². The molecule has 0 unspecified atom stereocenters. The summed E-state index contributed by atoms with van der Waals surface area (Å²) >= 11 is 8.73. The highest BCUT2D eigenvalue weighted by Crippen LogP contribution is 2.33. The number of thiophene rings is 1. The molecular weight excluding hydrogens is 496 g/mol. The number of benzene rings is 1. The van der Waals surface area contributed by atoms with Gasteiger partial charge in [-0.3, -0.25) is 9.36 Å². The second-order valence-electron chi connectivity index (χ2n) is 7.06. The number of ether oxygens (including phenoxy) is 2. The Kier molecular flexibility index (Phi) is 9.14. The molecule has 0 saturated heterocycles. The Labute approximate surface area is 211 Å². The number of rotatable bonds is 11. The summed E-state index contributed by atoms with van der Waals surface area (Å²) in [6.45, 7) is 10.1. The minimum Gasteiger partial charge on any atom is -0.484 e. The zero-order chi connectivity index (χ0) is 24.7. The average Bonchev–Trinajstić information content (AvgIpc) is 3.31. The van der Waals surface area contributed by atoms with Gasteiger partial charge in [0, 0.05) is 11.4 Å². The minimum atomic E-state index is -0.443. The highest BCUT2D eigenvalue weighted by Gasteiger charge is 2.22. The van der Waals surface area contributed by atoms with E-state index in [1.54, 1.807) is 25.1 Å². The van der Waals surface area contributed by atoms with Crippen molar-refractivity contribution in [2.24, 2.45) is 0 Å². The molecule has 0 fully saturated rings. The zero-order valence-corrected chi connectivity index (χ0v) is 21.5. The molecule has 2 heterocycles. The number of thioether (sulfide) groups is 1. The highest BCUT2D eigenvalue weighted by molar-refractivity contribution is 7.99. The molecule has 0 aliphatic carbocycles. The summed E-state index contributed by atoms with van der Waals surface area (Å²) < 4.78 is 12.7. The number of allylic oxidation sites excluding steroid dienone is 1. The summed E-state index contributed by atoms with van der Waals surface area (Å²) in [5.41, 5.74) is 1.21. The van der Waals surface area contributed by atoms with Crippen molar-refractivity contribution in [3.05, 3.63) is 63.8 Å². The molecule has 0 aliphatic rings. The summed E-state index contributed by atoms with van der Waals surface area (Å²) in [6, 6.07) is 7.17. The summed E-state index contributed by atoms with van der Waals surface area (Å²) in [5, 5.41) is 12.8. The zero-order valence-electron chi connectivity index (χ0n) is 19.1. The van der Waals surface area contributed by atoms with Gasteiger partial charge in [0.05, 0.1) is 22.9 Å². The van der Waals surface area contributed by atoms with Crippen molar-refractivity contribution >= 4 is 51.6 Å². The summed E-state index contributed by atoms with van der Waals surface area (Å²) in [6.07, 6.45) is 1.72. The third-order valence-corrected chi connectivity index (χ3v) is 7.15. The minimum absolute atomic E-state index is 0.0822. The lowest BCUT2D eigenvalue weighted by atomic mass is 10.1. The van der Waals surface area contributed by atoms with Crippen LogP contribution in [0.5, 0.6) is 5.75 Å². The van der Waals surface area contributed by atoms with Crippen LogP contribution in [-0.4, -0.2) is 39.0 Å². The predicted octanol–water partition coefficient (Wildman–Crippen LogP) is 5.28. The molecule has 0 atom stereocenters. The molecule has 8 nitrogen and oxygen atoms in total. The Morgan fingerprint density at radius 2 is 2.06 bits per heavy atom. The number of hydrogen-bond acceptors (Lipinski definition) is 8. The molecule has 1 amide bonds. The van der Waals surface area contributed by atoms with Gasteiger partial charge in [-0.25, -0.2) is 4.79 Å². The maximum Gasteiger partial charge on any atom is 0.341 e. The average molecular weight is 521 g/mol. The van der Waals surface area contributed by atoms with E-state index in [1.165, 1.54) is 23.1 Å². The van der Waals surface area contributed by atoms with Gasteiger partial charge in [0.15, 0.2) is 11.0 Å². The molecule has 3 aromatic rings. The second kappa shape index (κ2) is 12.0. The molecule has 0 bridgehead atoms. The van der Waals surface area contributed by atoms with E-state index >= 15 is 0 Å². The number of carbonyl (C=O) groups is 2. The van der Waals surface area contributed by atoms with E-state index in [0.717, 1.165) is 10.4 Å². The molecule has 1 aromatic carbocycles. The second-order valence-corrected chi connectivity index (χ2v) is 9.64. The van der Waals surface area contributed by atoms with Crippen LogP contribution < -0.4 is 10.1 Å². The van der Waals surface area contributed by atoms with E-state index in [0.29, 0.717) is 38.9 Å². The van der Waals surface area contributed by atoms with Crippen LogP contribution in [0.1, 0.15) is 33.5 Å². The first-order valence-electron chi connectivity index (χ1n) is 10.5. The van der Waals surface area contributed by atoms with Crippen molar-refractivity contribution < 1.29 is 19.1 Å². The maximum absolute atomic E-state index is 12.7. The van der Waals surface area contributed by atoms with Gasteiger partial charge in [-0.1, -0.05) is 41.6 Å². The lowest BCUT2D eigenvalue weighted by Gasteiger charge is -2.10. The van der Waals surface area contributed by atoms with Crippen molar-refractivity contribution in [1.82, 2.24) is 14.8 Å². The standard InChI is InChI=1S/C23H25ClN4O4S2/c1-5-11-28-18(12-32-17-10-8-7-9-16(17)24)26-27-23(28)33-13-19(29)25-21-20(22(30)31-6-2)14(3)15(4)34-21/h5,7-10H,1,6,11-13H2,2-4H3,(H,25,29). The third kappa shape index (κ3) is 6.19. The highest BCUT2D eigenvalue weighted by atomic mass is 35.5. The van der Waals surface area contributed by atoms with Crippen molar-refractivity contribution in [3.8, 4) is 5.75 Å². The first kappa shape index (κ1) is 25.8. The van der Waals surface area contributed by atoms with Crippen molar-refractivity contribution in [3.63, 3.8) is 0 Å². The molecule has 11 heteroatoms. The molecule has 3 rings (SSSR count). The predicted molar refractivity (Wildman–Crippen MR) is 135 cm³/mol. The van der Waals surface area contributed by atoms with Crippen LogP contribution in [0.25, 0.3) is 0 Å². The SMILES string of the molecule is C=CCn1c(COc2ccccc2Cl)nnc1SCC(=O)Nc1sc(C)c(C)c1C(=O)OCC. The number of carbonyl (C=O) groups excluding carboxylic acids is 2. The van der Waals surface area contributed by atoms with E-state index in [-0.39, 0.29) is 24.9 Å². The van der Waals surface area contributed by atoms with Crippen LogP contribution in [0, 0.1) is 13.8 Å². The van der Waals surface area contributed by atoms with Crippen LogP contribution in [0.3, 0.4) is 0 Å². The Balaban J connectivity index is 1.67. The molecule has 0 radical (unpaired) electrons. The van der Waals surface area contributed by atoms with Gasteiger partial charge in [-0.05, 0) is 38.5 Å². The molecule has 0 aliphatic heterocycles. The first-order valence-corrected chi connectivity index (χ1v) is 12.6. The Bertz CT molecular complexity index is 1190. The van der Waals surface area contributed by atoms with Crippen molar-refractivity contribution in [2.75, 3.05) is 17.7 Å². The number of anilines is 1. The lowest BCUT2D eigenvalue weighted by Crippen LogP contribution is -2.17. The number of amides is 1. The van der Waals surface area contributed by atoms with Crippen LogP contribution in [0.4, 0.5) is 5.00 Å². The van der Waals surface area contributed by atoms with E-state index in [9.17, 15) is 9.59 Å². The first-order chi connectivity index (χ1) is 16.3. The van der Waals surface area contributed by atoms with E-state index in [4.69, 9.17) is 21.1 Å². The number of para-hydroxylation sites is 1. The smallest absolute Gasteiger partial charge is 0.341 e. The van der Waals surface area contributed by atoms with Crippen molar-refractivity contribution in [1.29, 1.82) is 0 Å². The van der Waals surface area contributed by atoms with Crippen LogP contribution in [-0.2, 0) is 22.7 Å². The van der Waals surface area contributed by atoms with Gasteiger partial charge in [0.1, 0.15) is 17.4 Å². The Hall–Kier alpha value is -2.82. The van der Waals surface area contributed by atoms with E-state index in [1.807, 2.05) is 30.5 Å². The molecular formula is C23H25ClN4O4S2. The van der Waals surface area contributed by atoms with Gasteiger partial charge in [0.25, 0.3) is 0 Å². The summed E-state index contributed by atoms with van der Waals surface area (Å²) in [5.74, 6) is 0.500. The third-order valence-electron chi connectivity index (χ3n) is 4.75. The van der Waals surface area contributed by atoms with Gasteiger partial charge in [-0.2, -0.15) is 0 Å². The normalized spacial score (nSPS) is 10.7. The number of esters is 1. The molecule has 1 N–H and O–H groups in total. The Morgan fingerprint density at radius 3 is 2.76 bits per heavy atom. The Morgan fingerprint density at radius 1 is 1.29 bits per heavy atom. The fourth-order valence-corrected chi connectivity index (χ4v) is 5.03. The number of aryl methyl sites for hydroxylation is 1. The molecule has 2 aromatic heterocycles. The van der Waals surface area contributed by atoms with E-state index in [2.05, 4.69) is 22.1 Å². The number of nitrogens with one attached hydrogen (secondary N) is 1. The van der Waals surface area contributed by atoms with Gasteiger partial charge >= 0.3 is 5.97 Å². The fraction of sp³-hybridized carbons (Fsp3) is 0.304. The number of hydrogen-bond donors (Lipinski definition) is 1. The van der Waals surface area contributed by atoms with Gasteiger partial charge in [0.2, 0.25) is 5.91 Å². The van der Waals surface area contributed by atoms with Crippen LogP contribution in [0.2, 0.25) is 5.02 Å². The monoisotopic (exact) mass is 520 g/mol. The topological polar surface area (TPSA) is 95.3 Å². The lowest BCUT2D eigenvalue weighted by molar-refractivity contribution is -0.113. The molecule has 180 valence electrons. The summed E-state index contributed by atoms with van der Waals surface area (Å²) in [7, 11) is 0. The number of halogens is 1. The molecule has 34 heavy (non-hydrogen) atoms. The quantitative estimate of drug-likeness (QED) is 0.209. The number of aromatic nitrogens is 3. The molecule has 0 spiro atoms. The van der Waals surface area contributed by atoms with Gasteiger partial charge in [-0.15, -0.1) is 28.1 Å². The van der Waals surface area contributed by atoms with Crippen LogP contribution >= 0.6 is 34.7 Å². The molecule has 0 saturated carbocycles. The maximum atomic E-state index is 12.7.